The Morgan fingerprint density at radius 1 is 0.968 bits per heavy atom. The van der Waals surface area contributed by atoms with E-state index in [-0.39, 0.29) is 18.3 Å². The molecule has 1 unspecified atom stereocenters. The van der Waals surface area contributed by atoms with Gasteiger partial charge in [0.25, 0.3) is 5.91 Å². The Bertz CT molecular complexity index is 1070. The second-order valence-electron chi connectivity index (χ2n) is 7.45. The number of esters is 1. The summed E-state index contributed by atoms with van der Waals surface area (Å²) in [4.78, 5) is 37.1. The van der Waals surface area contributed by atoms with Crippen LogP contribution in [-0.4, -0.2) is 34.9 Å². The van der Waals surface area contributed by atoms with E-state index in [0.717, 1.165) is 17.0 Å². The minimum atomic E-state index is -0.869. The van der Waals surface area contributed by atoms with E-state index in [1.54, 1.807) is 30.3 Å². The van der Waals surface area contributed by atoms with Gasteiger partial charge in [-0.15, -0.1) is 0 Å². The Kier molecular flexibility index (Phi) is 7.03. The van der Waals surface area contributed by atoms with Crippen molar-refractivity contribution in [1.82, 2.24) is 9.88 Å². The average molecular weight is 418 g/mol. The molecule has 0 aliphatic rings. The lowest BCUT2D eigenvalue weighted by molar-refractivity contribution is -0.144. The van der Waals surface area contributed by atoms with Gasteiger partial charge in [0.05, 0.1) is 0 Å². The fourth-order valence-corrected chi connectivity index (χ4v) is 3.36. The third kappa shape index (κ3) is 5.48. The number of ketones is 1. The molecule has 1 N–H and O–H groups in total. The van der Waals surface area contributed by atoms with Crippen LogP contribution in [0.1, 0.15) is 44.6 Å². The van der Waals surface area contributed by atoms with Gasteiger partial charge in [-0.2, -0.15) is 0 Å². The highest BCUT2D eigenvalue weighted by Gasteiger charge is 2.21. The fourth-order valence-electron chi connectivity index (χ4n) is 3.36. The molecule has 1 aromatic heterocycles. The van der Waals surface area contributed by atoms with Gasteiger partial charge in [-0.25, -0.2) is 4.79 Å². The number of benzene rings is 2. The number of Topliss-reactive ketones (excluding diaryl/α,β-unsaturated/α-hetero) is 1. The van der Waals surface area contributed by atoms with Gasteiger partial charge in [0.2, 0.25) is 5.78 Å². The lowest BCUT2D eigenvalue weighted by Gasteiger charge is -2.13. The van der Waals surface area contributed by atoms with Gasteiger partial charge < -0.3 is 14.6 Å². The van der Waals surface area contributed by atoms with Gasteiger partial charge in [-0.05, 0) is 44.5 Å². The number of carbonyl (C=O) groups is 3. The summed E-state index contributed by atoms with van der Waals surface area (Å²) >= 11 is 0. The molecule has 2 aromatic carbocycles. The van der Waals surface area contributed by atoms with Crippen molar-refractivity contribution in [2.24, 2.45) is 0 Å². The predicted octanol–water partition coefficient (Wildman–Crippen LogP) is 3.70. The smallest absolute Gasteiger partial charge is 0.328 e. The first kappa shape index (κ1) is 22.0. The second kappa shape index (κ2) is 9.89. The van der Waals surface area contributed by atoms with Crippen LogP contribution in [-0.2, 0) is 16.1 Å². The first-order valence-corrected chi connectivity index (χ1v) is 10.1. The van der Waals surface area contributed by atoms with Crippen LogP contribution in [0.4, 0.5) is 0 Å². The first-order chi connectivity index (χ1) is 14.9. The van der Waals surface area contributed by atoms with E-state index in [1.807, 2.05) is 50.2 Å². The molecule has 1 atom stereocenters. The van der Waals surface area contributed by atoms with Gasteiger partial charge in [-0.3, -0.25) is 9.59 Å². The van der Waals surface area contributed by atoms with Crippen molar-refractivity contribution in [1.29, 1.82) is 0 Å². The lowest BCUT2D eigenvalue weighted by Crippen LogP contribution is -2.40. The monoisotopic (exact) mass is 418 g/mol. The van der Waals surface area contributed by atoms with Gasteiger partial charge >= 0.3 is 5.97 Å². The quantitative estimate of drug-likeness (QED) is 0.447. The molecule has 0 radical (unpaired) electrons. The largest absolute Gasteiger partial charge is 0.456 e. The molecule has 0 spiro atoms. The molecule has 3 rings (SSSR count). The number of amides is 1. The molecule has 6 heteroatoms. The van der Waals surface area contributed by atoms with Crippen molar-refractivity contribution < 1.29 is 19.1 Å². The molecule has 0 aliphatic carbocycles. The minimum absolute atomic E-state index is 0.276. The molecular weight excluding hydrogens is 392 g/mol. The zero-order valence-electron chi connectivity index (χ0n) is 17.9. The van der Waals surface area contributed by atoms with Gasteiger partial charge in [0.15, 0.2) is 6.61 Å². The number of aromatic nitrogens is 1. The van der Waals surface area contributed by atoms with Gasteiger partial charge in [0, 0.05) is 29.1 Å². The number of ether oxygens (including phenoxy) is 1. The Labute approximate surface area is 181 Å². The lowest BCUT2D eigenvalue weighted by atomic mass is 10.1. The highest BCUT2D eigenvalue weighted by atomic mass is 16.5. The summed E-state index contributed by atoms with van der Waals surface area (Å²) in [5.41, 5.74) is 3.90. The third-order valence-electron chi connectivity index (χ3n) is 5.14. The van der Waals surface area contributed by atoms with Crippen molar-refractivity contribution in [2.75, 3.05) is 6.61 Å². The van der Waals surface area contributed by atoms with Crippen LogP contribution >= 0.6 is 0 Å². The average Bonchev–Trinajstić information content (AvgIpc) is 3.06. The number of rotatable bonds is 8. The van der Waals surface area contributed by atoms with Crippen LogP contribution in [0.3, 0.4) is 0 Å². The standard InChI is InChI=1S/C25H26N2O4/c1-17-14-22(19(3)27(17)15-20-10-6-4-7-11-20)23(28)16-31-25(30)18(2)26-24(29)21-12-8-5-9-13-21/h4-14,18H,15-16H2,1-3H3,(H,26,29). The van der Waals surface area contributed by atoms with E-state index in [9.17, 15) is 14.4 Å². The zero-order valence-corrected chi connectivity index (χ0v) is 17.9. The Hall–Kier alpha value is -3.67. The molecule has 0 aliphatic heterocycles. The molecule has 31 heavy (non-hydrogen) atoms. The fraction of sp³-hybridized carbons (Fsp3) is 0.240. The van der Waals surface area contributed by atoms with Crippen LogP contribution < -0.4 is 5.32 Å². The maximum atomic E-state index is 12.7. The van der Waals surface area contributed by atoms with E-state index in [1.165, 1.54) is 6.92 Å². The maximum Gasteiger partial charge on any atom is 0.328 e. The van der Waals surface area contributed by atoms with E-state index in [0.29, 0.717) is 17.7 Å². The topological polar surface area (TPSA) is 77.4 Å². The van der Waals surface area contributed by atoms with Gasteiger partial charge in [0.1, 0.15) is 6.04 Å². The number of carbonyl (C=O) groups excluding carboxylic acids is 3. The van der Waals surface area contributed by atoms with Gasteiger partial charge in [-0.1, -0.05) is 48.5 Å². The molecule has 0 saturated heterocycles. The number of nitrogens with one attached hydrogen (secondary N) is 1. The van der Waals surface area contributed by atoms with Crippen molar-refractivity contribution in [3.63, 3.8) is 0 Å². The Balaban J connectivity index is 1.58. The zero-order chi connectivity index (χ0) is 22.4. The molecule has 0 saturated carbocycles. The summed E-state index contributed by atoms with van der Waals surface area (Å²) in [6, 6.07) is 19.5. The van der Waals surface area contributed by atoms with Crippen LogP contribution in [0.25, 0.3) is 0 Å². The molecule has 1 heterocycles. The molecule has 3 aromatic rings. The van der Waals surface area contributed by atoms with Crippen LogP contribution in [0.2, 0.25) is 0 Å². The molecule has 0 fully saturated rings. The summed E-state index contributed by atoms with van der Waals surface area (Å²) in [7, 11) is 0. The minimum Gasteiger partial charge on any atom is -0.456 e. The van der Waals surface area contributed by atoms with Crippen LogP contribution in [0.5, 0.6) is 0 Å². The summed E-state index contributed by atoms with van der Waals surface area (Å²) in [5, 5.41) is 2.58. The number of nitrogens with zero attached hydrogens (tertiary/aromatic N) is 1. The van der Waals surface area contributed by atoms with E-state index in [2.05, 4.69) is 9.88 Å². The Morgan fingerprint density at radius 3 is 2.23 bits per heavy atom. The number of hydrogen-bond acceptors (Lipinski definition) is 4. The summed E-state index contributed by atoms with van der Waals surface area (Å²) in [6.07, 6.45) is 0. The van der Waals surface area contributed by atoms with Crippen molar-refractivity contribution >= 4 is 17.7 Å². The van der Waals surface area contributed by atoms with Crippen molar-refractivity contribution in [3.8, 4) is 0 Å². The highest BCUT2D eigenvalue weighted by molar-refractivity contribution is 6.00. The summed E-state index contributed by atoms with van der Waals surface area (Å²) in [5.74, 6) is -1.31. The van der Waals surface area contributed by atoms with E-state index >= 15 is 0 Å². The van der Waals surface area contributed by atoms with Crippen molar-refractivity contribution in [3.05, 3.63) is 94.8 Å². The number of aryl methyl sites for hydroxylation is 1. The summed E-state index contributed by atoms with van der Waals surface area (Å²) in [6.45, 7) is 5.64. The Morgan fingerprint density at radius 2 is 1.58 bits per heavy atom. The number of hydrogen-bond donors (Lipinski definition) is 1. The SMILES string of the molecule is Cc1cc(C(=O)COC(=O)C(C)NC(=O)c2ccccc2)c(C)n1Cc1ccccc1. The molecule has 160 valence electrons. The highest BCUT2D eigenvalue weighted by Crippen LogP contribution is 2.18. The predicted molar refractivity (Wildman–Crippen MR) is 118 cm³/mol. The van der Waals surface area contributed by atoms with Crippen LogP contribution in [0, 0.1) is 13.8 Å². The van der Waals surface area contributed by atoms with Crippen LogP contribution in [0.15, 0.2) is 66.7 Å². The normalized spacial score (nSPS) is 11.6. The maximum absolute atomic E-state index is 12.7. The molecule has 6 nitrogen and oxygen atoms in total. The van der Waals surface area contributed by atoms with Crippen molar-refractivity contribution in [2.45, 2.75) is 33.4 Å². The molecular formula is C25H26N2O4. The van der Waals surface area contributed by atoms with E-state index < -0.39 is 12.0 Å². The summed E-state index contributed by atoms with van der Waals surface area (Å²) < 4.78 is 7.23. The molecule has 0 bridgehead atoms. The third-order valence-corrected chi connectivity index (χ3v) is 5.14. The molecule has 1 amide bonds. The van der Waals surface area contributed by atoms with E-state index in [4.69, 9.17) is 4.74 Å². The first-order valence-electron chi connectivity index (χ1n) is 10.1. The second-order valence-corrected chi connectivity index (χ2v) is 7.45.